The maximum Gasteiger partial charge on any atom is 0.219 e. The monoisotopic (exact) mass is 226 g/mol. The summed E-state index contributed by atoms with van der Waals surface area (Å²) >= 11 is 0. The van der Waals surface area contributed by atoms with Crippen molar-refractivity contribution in [3.05, 3.63) is 0 Å². The van der Waals surface area contributed by atoms with Crippen molar-refractivity contribution in [1.29, 1.82) is 0 Å². The standard InChI is InChI=1S/C13H26N2O/c1-11(2)15-9-7-13(4,10-15)6-8-14(5)12(3)16/h11H,6-10H2,1-5H3. The number of nitrogens with zero attached hydrogens (tertiary/aromatic N) is 2. The van der Waals surface area contributed by atoms with E-state index in [2.05, 4.69) is 25.7 Å². The molecule has 94 valence electrons. The summed E-state index contributed by atoms with van der Waals surface area (Å²) < 4.78 is 0. The first-order chi connectivity index (χ1) is 7.34. The van der Waals surface area contributed by atoms with E-state index in [9.17, 15) is 4.79 Å². The molecule has 0 radical (unpaired) electrons. The molecule has 0 aliphatic carbocycles. The second-order valence-corrected chi connectivity index (χ2v) is 5.82. The van der Waals surface area contributed by atoms with Crippen LogP contribution in [0, 0.1) is 5.41 Å². The summed E-state index contributed by atoms with van der Waals surface area (Å²) in [6.45, 7) is 11.8. The maximum atomic E-state index is 11.1. The normalized spacial score (nSPS) is 26.4. The van der Waals surface area contributed by atoms with Crippen molar-refractivity contribution < 1.29 is 4.79 Å². The van der Waals surface area contributed by atoms with E-state index < -0.39 is 0 Å². The van der Waals surface area contributed by atoms with E-state index in [0.29, 0.717) is 11.5 Å². The van der Waals surface area contributed by atoms with Gasteiger partial charge in [-0.05, 0) is 38.6 Å². The molecule has 1 atom stereocenters. The van der Waals surface area contributed by atoms with Gasteiger partial charge in [0.05, 0.1) is 0 Å². The van der Waals surface area contributed by atoms with Crippen LogP contribution in [0.25, 0.3) is 0 Å². The molecule has 1 heterocycles. The molecule has 0 aromatic heterocycles. The third-order valence-corrected chi connectivity index (χ3v) is 3.91. The van der Waals surface area contributed by atoms with Gasteiger partial charge in [0.25, 0.3) is 0 Å². The fourth-order valence-corrected chi connectivity index (χ4v) is 2.30. The lowest BCUT2D eigenvalue weighted by molar-refractivity contribution is -0.127. The molecule has 1 rings (SSSR count). The van der Waals surface area contributed by atoms with E-state index >= 15 is 0 Å². The first-order valence-electron chi connectivity index (χ1n) is 6.30. The molecule has 1 aliphatic heterocycles. The Morgan fingerprint density at radius 1 is 1.50 bits per heavy atom. The van der Waals surface area contributed by atoms with Gasteiger partial charge in [0.1, 0.15) is 0 Å². The predicted octanol–water partition coefficient (Wildman–Crippen LogP) is 1.98. The van der Waals surface area contributed by atoms with Gasteiger partial charge < -0.3 is 9.80 Å². The summed E-state index contributed by atoms with van der Waals surface area (Å²) in [5, 5.41) is 0. The van der Waals surface area contributed by atoms with Gasteiger partial charge in [0, 0.05) is 33.1 Å². The van der Waals surface area contributed by atoms with Crippen LogP contribution >= 0.6 is 0 Å². The Morgan fingerprint density at radius 2 is 2.12 bits per heavy atom. The van der Waals surface area contributed by atoms with Gasteiger partial charge in [0.2, 0.25) is 5.91 Å². The van der Waals surface area contributed by atoms with Crippen molar-refractivity contribution in [3.63, 3.8) is 0 Å². The van der Waals surface area contributed by atoms with Crippen LogP contribution < -0.4 is 0 Å². The van der Waals surface area contributed by atoms with Crippen LogP contribution in [-0.4, -0.2) is 48.4 Å². The predicted molar refractivity (Wildman–Crippen MR) is 67.4 cm³/mol. The van der Waals surface area contributed by atoms with Crippen LogP contribution in [0.3, 0.4) is 0 Å². The van der Waals surface area contributed by atoms with Gasteiger partial charge in [-0.1, -0.05) is 6.92 Å². The largest absolute Gasteiger partial charge is 0.346 e. The number of carbonyl (C=O) groups is 1. The van der Waals surface area contributed by atoms with Crippen LogP contribution in [0.2, 0.25) is 0 Å². The number of rotatable bonds is 4. The third kappa shape index (κ3) is 3.48. The fraction of sp³-hybridized carbons (Fsp3) is 0.923. The summed E-state index contributed by atoms with van der Waals surface area (Å²) in [5.74, 6) is 0.169. The summed E-state index contributed by atoms with van der Waals surface area (Å²) in [4.78, 5) is 15.5. The van der Waals surface area contributed by atoms with Gasteiger partial charge in [-0.3, -0.25) is 4.79 Å². The molecule has 1 amide bonds. The highest BCUT2D eigenvalue weighted by Gasteiger charge is 2.34. The Bertz CT molecular complexity index is 252. The lowest BCUT2D eigenvalue weighted by atomic mass is 9.86. The van der Waals surface area contributed by atoms with E-state index in [1.807, 2.05) is 11.9 Å². The van der Waals surface area contributed by atoms with Gasteiger partial charge in [-0.15, -0.1) is 0 Å². The van der Waals surface area contributed by atoms with Crippen LogP contribution in [0.4, 0.5) is 0 Å². The van der Waals surface area contributed by atoms with Crippen molar-refractivity contribution >= 4 is 5.91 Å². The topological polar surface area (TPSA) is 23.6 Å². The molecule has 1 saturated heterocycles. The second-order valence-electron chi connectivity index (χ2n) is 5.82. The zero-order chi connectivity index (χ0) is 12.3. The number of hydrogen-bond donors (Lipinski definition) is 0. The number of likely N-dealkylation sites (tertiary alicyclic amines) is 1. The quantitative estimate of drug-likeness (QED) is 0.732. The van der Waals surface area contributed by atoms with Crippen LogP contribution in [0.15, 0.2) is 0 Å². The summed E-state index contributed by atoms with van der Waals surface area (Å²) in [5.41, 5.74) is 0.397. The zero-order valence-corrected chi connectivity index (χ0v) is 11.4. The SMILES string of the molecule is CC(=O)N(C)CCC1(C)CCN(C(C)C)C1. The van der Waals surface area contributed by atoms with Crippen molar-refractivity contribution in [2.45, 2.75) is 46.6 Å². The van der Waals surface area contributed by atoms with Gasteiger partial charge in [-0.25, -0.2) is 0 Å². The first kappa shape index (κ1) is 13.5. The van der Waals surface area contributed by atoms with Gasteiger partial charge >= 0.3 is 0 Å². The Kier molecular flexibility index (Phi) is 4.36. The maximum absolute atomic E-state index is 11.1. The number of amides is 1. The summed E-state index contributed by atoms with van der Waals surface area (Å²) in [6.07, 6.45) is 2.38. The van der Waals surface area contributed by atoms with Crippen LogP contribution in [-0.2, 0) is 4.79 Å². The molecular formula is C13H26N2O. The molecule has 0 aromatic carbocycles. The van der Waals surface area contributed by atoms with E-state index in [4.69, 9.17) is 0 Å². The van der Waals surface area contributed by atoms with Gasteiger partial charge in [-0.2, -0.15) is 0 Å². The van der Waals surface area contributed by atoms with E-state index in [0.717, 1.165) is 13.0 Å². The molecule has 0 N–H and O–H groups in total. The highest BCUT2D eigenvalue weighted by molar-refractivity contribution is 5.72. The second kappa shape index (κ2) is 5.17. The fourth-order valence-electron chi connectivity index (χ4n) is 2.30. The van der Waals surface area contributed by atoms with Crippen molar-refractivity contribution in [2.75, 3.05) is 26.7 Å². The smallest absolute Gasteiger partial charge is 0.219 e. The molecule has 0 bridgehead atoms. The van der Waals surface area contributed by atoms with E-state index in [-0.39, 0.29) is 5.91 Å². The first-order valence-corrected chi connectivity index (χ1v) is 6.30. The molecule has 3 nitrogen and oxygen atoms in total. The lowest BCUT2D eigenvalue weighted by Crippen LogP contribution is -2.33. The molecule has 0 saturated carbocycles. The Morgan fingerprint density at radius 3 is 2.56 bits per heavy atom. The minimum absolute atomic E-state index is 0.169. The van der Waals surface area contributed by atoms with Crippen LogP contribution in [0.1, 0.15) is 40.5 Å². The molecule has 1 aliphatic rings. The molecule has 3 heteroatoms. The van der Waals surface area contributed by atoms with Crippen LogP contribution in [0.5, 0.6) is 0 Å². The molecule has 1 unspecified atom stereocenters. The van der Waals surface area contributed by atoms with Crippen molar-refractivity contribution in [1.82, 2.24) is 9.80 Å². The highest BCUT2D eigenvalue weighted by atomic mass is 16.2. The molecular weight excluding hydrogens is 200 g/mol. The molecule has 16 heavy (non-hydrogen) atoms. The third-order valence-electron chi connectivity index (χ3n) is 3.91. The Labute approximate surface area is 99.8 Å². The average Bonchev–Trinajstić information content (AvgIpc) is 2.58. The summed E-state index contributed by atoms with van der Waals surface area (Å²) in [6, 6.07) is 0.646. The highest BCUT2D eigenvalue weighted by Crippen LogP contribution is 2.34. The summed E-state index contributed by atoms with van der Waals surface area (Å²) in [7, 11) is 1.89. The molecule has 1 fully saturated rings. The number of hydrogen-bond acceptors (Lipinski definition) is 2. The van der Waals surface area contributed by atoms with Crippen molar-refractivity contribution in [2.24, 2.45) is 5.41 Å². The average molecular weight is 226 g/mol. The minimum Gasteiger partial charge on any atom is -0.346 e. The van der Waals surface area contributed by atoms with E-state index in [1.165, 1.54) is 19.5 Å². The van der Waals surface area contributed by atoms with Crippen molar-refractivity contribution in [3.8, 4) is 0 Å². The minimum atomic E-state index is 0.169. The van der Waals surface area contributed by atoms with E-state index in [1.54, 1.807) is 6.92 Å². The molecule has 0 aromatic rings. The van der Waals surface area contributed by atoms with Gasteiger partial charge in [0.15, 0.2) is 0 Å². The Balaban J connectivity index is 2.40. The Hall–Kier alpha value is -0.570. The molecule has 0 spiro atoms. The zero-order valence-electron chi connectivity index (χ0n) is 11.4. The lowest BCUT2D eigenvalue weighted by Gasteiger charge is -2.28. The number of carbonyl (C=O) groups excluding carboxylic acids is 1.